The molecule has 2 aromatic carbocycles. The van der Waals surface area contributed by atoms with Gasteiger partial charge in [-0.1, -0.05) is 6.07 Å². The first-order valence-corrected chi connectivity index (χ1v) is 9.05. The Labute approximate surface area is 147 Å². The molecule has 0 bridgehead atoms. The van der Waals surface area contributed by atoms with Crippen LogP contribution in [0.1, 0.15) is 13.8 Å². The van der Waals surface area contributed by atoms with Crippen molar-refractivity contribution in [2.24, 2.45) is 0 Å². The van der Waals surface area contributed by atoms with Crippen LogP contribution in [0, 0.1) is 0 Å². The van der Waals surface area contributed by atoms with Gasteiger partial charge in [0.15, 0.2) is 0 Å². The predicted octanol–water partition coefficient (Wildman–Crippen LogP) is 2.85. The van der Waals surface area contributed by atoms with E-state index < -0.39 is 10.0 Å². The molecule has 1 amide bonds. The van der Waals surface area contributed by atoms with Gasteiger partial charge in [-0.05, 0) is 37.3 Å². The average Bonchev–Trinajstić information content (AvgIpc) is 2.56. The topological polar surface area (TPSA) is 93.7 Å². The van der Waals surface area contributed by atoms with Crippen LogP contribution in [0.3, 0.4) is 0 Å². The summed E-state index contributed by atoms with van der Waals surface area (Å²) in [5.74, 6) is 0.611. The number of methoxy groups -OCH3 is 1. The molecular weight excluding hydrogens is 344 g/mol. The Hall–Kier alpha value is -2.74. The van der Waals surface area contributed by atoms with E-state index >= 15 is 0 Å². The maximum Gasteiger partial charge on any atom is 0.261 e. The van der Waals surface area contributed by atoms with E-state index in [1.165, 1.54) is 32.2 Å². The SMILES string of the molecule is CCOc1ccc(S(=O)(=O)Nc2cccc(OC)c2)cc1NC(C)=O. The van der Waals surface area contributed by atoms with E-state index in [1.54, 1.807) is 31.2 Å². The number of anilines is 2. The zero-order chi connectivity index (χ0) is 18.4. The smallest absolute Gasteiger partial charge is 0.261 e. The van der Waals surface area contributed by atoms with Gasteiger partial charge in [0.25, 0.3) is 10.0 Å². The number of carbonyl (C=O) groups is 1. The Morgan fingerprint density at radius 2 is 1.92 bits per heavy atom. The van der Waals surface area contributed by atoms with Crippen LogP contribution < -0.4 is 19.5 Å². The summed E-state index contributed by atoms with van der Waals surface area (Å²) in [5.41, 5.74) is 0.664. The van der Waals surface area contributed by atoms with Gasteiger partial charge in [-0.25, -0.2) is 8.42 Å². The second kappa shape index (κ2) is 7.89. The number of hydrogen-bond donors (Lipinski definition) is 2. The van der Waals surface area contributed by atoms with Gasteiger partial charge in [0.2, 0.25) is 5.91 Å². The average molecular weight is 364 g/mol. The summed E-state index contributed by atoms with van der Waals surface area (Å²) in [7, 11) is -2.34. The summed E-state index contributed by atoms with van der Waals surface area (Å²) in [5, 5.41) is 2.58. The molecule has 0 aliphatic rings. The fourth-order valence-corrected chi connectivity index (χ4v) is 3.22. The molecule has 0 aromatic heterocycles. The van der Waals surface area contributed by atoms with Gasteiger partial charge in [0, 0.05) is 13.0 Å². The molecule has 8 heteroatoms. The summed E-state index contributed by atoms with van der Waals surface area (Å²) in [4.78, 5) is 11.3. The number of benzene rings is 2. The predicted molar refractivity (Wildman–Crippen MR) is 95.7 cm³/mol. The van der Waals surface area contributed by atoms with Crippen LogP contribution in [0.15, 0.2) is 47.4 Å². The zero-order valence-electron chi connectivity index (χ0n) is 14.2. The summed E-state index contributed by atoms with van der Waals surface area (Å²) in [6, 6.07) is 10.9. The fraction of sp³-hybridized carbons (Fsp3) is 0.235. The lowest BCUT2D eigenvalue weighted by atomic mass is 10.3. The van der Waals surface area contributed by atoms with Crippen LogP contribution in [-0.4, -0.2) is 28.0 Å². The van der Waals surface area contributed by atoms with Crippen molar-refractivity contribution in [3.8, 4) is 11.5 Å². The lowest BCUT2D eigenvalue weighted by Crippen LogP contribution is -2.14. The zero-order valence-corrected chi connectivity index (χ0v) is 15.0. The third kappa shape index (κ3) is 4.87. The molecule has 25 heavy (non-hydrogen) atoms. The van der Waals surface area contributed by atoms with Crippen LogP contribution in [-0.2, 0) is 14.8 Å². The van der Waals surface area contributed by atoms with Crippen LogP contribution in [0.2, 0.25) is 0 Å². The molecule has 0 saturated carbocycles. The Morgan fingerprint density at radius 1 is 1.16 bits per heavy atom. The highest BCUT2D eigenvalue weighted by atomic mass is 32.2. The molecule has 0 unspecified atom stereocenters. The van der Waals surface area contributed by atoms with Crippen LogP contribution in [0.4, 0.5) is 11.4 Å². The van der Waals surface area contributed by atoms with Gasteiger partial charge >= 0.3 is 0 Å². The van der Waals surface area contributed by atoms with Crippen molar-refractivity contribution in [2.75, 3.05) is 23.8 Å². The van der Waals surface area contributed by atoms with Crippen molar-refractivity contribution in [1.29, 1.82) is 0 Å². The van der Waals surface area contributed by atoms with E-state index in [-0.39, 0.29) is 10.8 Å². The first-order valence-electron chi connectivity index (χ1n) is 7.57. The number of sulfonamides is 1. The monoisotopic (exact) mass is 364 g/mol. The maximum atomic E-state index is 12.6. The van der Waals surface area contributed by atoms with Gasteiger partial charge in [-0.15, -0.1) is 0 Å². The highest BCUT2D eigenvalue weighted by molar-refractivity contribution is 7.92. The molecule has 0 fully saturated rings. The standard InChI is InChI=1S/C17H20N2O5S/c1-4-24-17-9-8-15(11-16(17)18-12(2)20)25(21,22)19-13-6-5-7-14(10-13)23-3/h5-11,19H,4H2,1-3H3,(H,18,20). The summed E-state index contributed by atoms with van der Waals surface area (Å²) >= 11 is 0. The van der Waals surface area contributed by atoms with Gasteiger partial charge < -0.3 is 14.8 Å². The van der Waals surface area contributed by atoms with Crippen LogP contribution in [0.25, 0.3) is 0 Å². The molecule has 134 valence electrons. The lowest BCUT2D eigenvalue weighted by molar-refractivity contribution is -0.114. The van der Waals surface area contributed by atoms with Crippen molar-refractivity contribution < 1.29 is 22.7 Å². The fourth-order valence-electron chi connectivity index (χ4n) is 2.15. The van der Waals surface area contributed by atoms with Crippen molar-refractivity contribution in [3.63, 3.8) is 0 Å². The minimum atomic E-state index is -3.84. The molecule has 0 aliphatic heterocycles. The molecule has 0 aliphatic carbocycles. The molecule has 2 rings (SSSR count). The molecule has 0 spiro atoms. The first-order chi connectivity index (χ1) is 11.9. The molecule has 0 atom stereocenters. The van der Waals surface area contributed by atoms with Gasteiger partial charge in [-0.3, -0.25) is 9.52 Å². The van der Waals surface area contributed by atoms with Crippen LogP contribution in [0.5, 0.6) is 11.5 Å². The Bertz CT molecular complexity index is 865. The van der Waals surface area contributed by atoms with E-state index in [1.807, 2.05) is 0 Å². The minimum absolute atomic E-state index is 0.00234. The highest BCUT2D eigenvalue weighted by Crippen LogP contribution is 2.29. The van der Waals surface area contributed by atoms with Gasteiger partial charge in [-0.2, -0.15) is 0 Å². The number of ether oxygens (including phenoxy) is 2. The highest BCUT2D eigenvalue weighted by Gasteiger charge is 2.17. The second-order valence-corrected chi connectivity index (χ2v) is 6.79. The van der Waals surface area contributed by atoms with Crippen molar-refractivity contribution >= 4 is 27.3 Å². The number of hydrogen-bond acceptors (Lipinski definition) is 5. The molecule has 2 N–H and O–H groups in total. The van der Waals surface area contributed by atoms with E-state index in [9.17, 15) is 13.2 Å². The van der Waals surface area contributed by atoms with Crippen molar-refractivity contribution in [3.05, 3.63) is 42.5 Å². The van der Waals surface area contributed by atoms with E-state index in [0.717, 1.165) is 0 Å². The molecule has 7 nitrogen and oxygen atoms in total. The Morgan fingerprint density at radius 3 is 2.56 bits per heavy atom. The molecular formula is C17H20N2O5S. The van der Waals surface area contributed by atoms with E-state index in [4.69, 9.17) is 9.47 Å². The summed E-state index contributed by atoms with van der Waals surface area (Å²) in [6.45, 7) is 3.53. The van der Waals surface area contributed by atoms with E-state index in [0.29, 0.717) is 29.5 Å². The van der Waals surface area contributed by atoms with Crippen molar-refractivity contribution in [1.82, 2.24) is 0 Å². The summed E-state index contributed by atoms with van der Waals surface area (Å²) in [6.07, 6.45) is 0. The van der Waals surface area contributed by atoms with Crippen LogP contribution >= 0.6 is 0 Å². The maximum absolute atomic E-state index is 12.6. The lowest BCUT2D eigenvalue weighted by Gasteiger charge is -2.14. The van der Waals surface area contributed by atoms with E-state index in [2.05, 4.69) is 10.0 Å². The number of amides is 1. The largest absolute Gasteiger partial charge is 0.497 e. The third-order valence-corrected chi connectivity index (χ3v) is 4.57. The number of carbonyl (C=O) groups excluding carboxylic acids is 1. The number of rotatable bonds is 7. The molecule has 2 aromatic rings. The summed E-state index contributed by atoms with van der Waals surface area (Å²) < 4.78 is 38.2. The first kappa shape index (κ1) is 18.6. The third-order valence-electron chi connectivity index (χ3n) is 3.19. The van der Waals surface area contributed by atoms with Gasteiger partial charge in [0.1, 0.15) is 11.5 Å². The second-order valence-electron chi connectivity index (χ2n) is 5.11. The molecule has 0 heterocycles. The normalized spacial score (nSPS) is 10.8. The minimum Gasteiger partial charge on any atom is -0.497 e. The van der Waals surface area contributed by atoms with Gasteiger partial charge in [0.05, 0.1) is 30.0 Å². The molecule has 0 radical (unpaired) electrons. The molecule has 0 saturated heterocycles. The quantitative estimate of drug-likeness (QED) is 0.788. The van der Waals surface area contributed by atoms with Crippen molar-refractivity contribution in [2.45, 2.75) is 18.7 Å². The number of nitrogens with one attached hydrogen (secondary N) is 2. The Balaban J connectivity index is 2.36. The Kier molecular flexibility index (Phi) is 5.87.